The van der Waals surface area contributed by atoms with Gasteiger partial charge in [0, 0.05) is 14.6 Å². The molecule has 0 radical (unpaired) electrons. The van der Waals surface area contributed by atoms with Crippen LogP contribution in [0.4, 0.5) is 0 Å². The second-order valence-corrected chi connectivity index (χ2v) is 17.3. The van der Waals surface area contributed by atoms with E-state index in [0.29, 0.717) is 11.6 Å². The first kappa shape index (κ1) is 24.4. The van der Waals surface area contributed by atoms with Crippen molar-refractivity contribution in [2.75, 3.05) is 12.9 Å². The Balaban J connectivity index is 2.28. The molecule has 0 saturated heterocycles. The molecule has 7 heteroatoms. The first-order chi connectivity index (χ1) is 14.9. The van der Waals surface area contributed by atoms with Crippen molar-refractivity contribution in [3.63, 3.8) is 0 Å². The molecule has 172 valence electrons. The molecule has 0 aromatic heterocycles. The van der Waals surface area contributed by atoms with Crippen LogP contribution in [0.1, 0.15) is 33.9 Å². The van der Waals surface area contributed by atoms with Crippen LogP contribution in [0.5, 0.6) is 0 Å². The maximum absolute atomic E-state index is 13.8. The summed E-state index contributed by atoms with van der Waals surface area (Å²) in [7, 11) is -3.93. The van der Waals surface area contributed by atoms with Crippen LogP contribution in [0.2, 0.25) is 25.7 Å². The van der Waals surface area contributed by atoms with Gasteiger partial charge in [-0.15, -0.1) is 0 Å². The number of nitrogens with zero attached hydrogens (tertiary/aromatic N) is 1. The Hall–Kier alpha value is -2.22. The molecular formula is C25H33NO4SSi. The molecule has 2 aromatic rings. The van der Waals surface area contributed by atoms with Crippen molar-refractivity contribution in [2.45, 2.75) is 52.1 Å². The van der Waals surface area contributed by atoms with Crippen LogP contribution in [-0.2, 0) is 26.1 Å². The molecule has 1 aliphatic rings. The first-order valence-corrected chi connectivity index (χ1v) is 16.2. The fourth-order valence-electron chi connectivity index (χ4n) is 4.14. The minimum Gasteiger partial charge on any atom is -0.466 e. The summed E-state index contributed by atoms with van der Waals surface area (Å²) in [5.74, 6) is -0.444. The van der Waals surface area contributed by atoms with Gasteiger partial charge in [-0.05, 0) is 53.8 Å². The summed E-state index contributed by atoms with van der Waals surface area (Å²) in [4.78, 5) is 13.0. The average molecular weight is 472 g/mol. The first-order valence-electron chi connectivity index (χ1n) is 10.9. The lowest BCUT2D eigenvalue weighted by Gasteiger charge is -2.33. The highest BCUT2D eigenvalue weighted by Gasteiger charge is 2.40. The fourth-order valence-corrected chi connectivity index (χ4v) is 8.73. The third-order valence-electron chi connectivity index (χ3n) is 5.98. The number of hydrogen-bond donors (Lipinski definition) is 0. The predicted molar refractivity (Wildman–Crippen MR) is 133 cm³/mol. The number of esters is 1. The number of fused-ring (bicyclic) bond motifs is 1. The third-order valence-corrected chi connectivity index (χ3v) is 9.87. The van der Waals surface area contributed by atoms with Crippen LogP contribution in [-0.4, -0.2) is 39.6 Å². The minimum absolute atomic E-state index is 0.0702. The topological polar surface area (TPSA) is 63.7 Å². The summed E-state index contributed by atoms with van der Waals surface area (Å²) < 4.78 is 34.3. The standard InChI is InChI=1S/C25H33NO4SSi/c1-18-10-9-11-19(2)23(18)24-22(25(27)30-3)16-20-12-7-8-13-21(20)17-26(24)31(28,29)14-15-32(4,5)6/h7-13,16,24H,14-15,17H2,1-6H3. The van der Waals surface area contributed by atoms with Gasteiger partial charge in [0.05, 0.1) is 24.5 Å². The zero-order valence-corrected chi connectivity index (χ0v) is 21.6. The third kappa shape index (κ3) is 5.22. The van der Waals surface area contributed by atoms with Gasteiger partial charge < -0.3 is 4.74 Å². The molecule has 0 saturated carbocycles. The number of benzene rings is 2. The number of hydrogen-bond acceptors (Lipinski definition) is 4. The van der Waals surface area contributed by atoms with E-state index < -0.39 is 30.1 Å². The number of carbonyl (C=O) groups is 1. The van der Waals surface area contributed by atoms with Crippen molar-refractivity contribution in [1.29, 1.82) is 0 Å². The zero-order valence-electron chi connectivity index (χ0n) is 19.8. The molecule has 0 amide bonds. The molecule has 1 aliphatic heterocycles. The van der Waals surface area contributed by atoms with Gasteiger partial charge in [-0.1, -0.05) is 62.1 Å². The van der Waals surface area contributed by atoms with Crippen LogP contribution in [0.3, 0.4) is 0 Å². The maximum Gasteiger partial charge on any atom is 0.335 e. The normalized spacial score (nSPS) is 17.3. The van der Waals surface area contributed by atoms with E-state index >= 15 is 0 Å². The summed E-state index contributed by atoms with van der Waals surface area (Å²) in [6, 6.07) is 13.4. The van der Waals surface area contributed by atoms with Gasteiger partial charge in [0.25, 0.3) is 0 Å². The van der Waals surface area contributed by atoms with Crippen LogP contribution in [0.15, 0.2) is 48.0 Å². The molecule has 1 heterocycles. The van der Waals surface area contributed by atoms with Crippen molar-refractivity contribution in [3.05, 3.63) is 75.9 Å². The molecule has 3 rings (SSSR count). The van der Waals surface area contributed by atoms with Gasteiger partial charge in [-0.3, -0.25) is 0 Å². The van der Waals surface area contributed by atoms with Crippen molar-refractivity contribution >= 4 is 30.1 Å². The molecule has 0 N–H and O–H groups in total. The van der Waals surface area contributed by atoms with Crippen molar-refractivity contribution in [1.82, 2.24) is 4.31 Å². The fraction of sp³-hybridized carbons (Fsp3) is 0.400. The monoisotopic (exact) mass is 471 g/mol. The molecule has 5 nitrogen and oxygen atoms in total. The SMILES string of the molecule is COC(=O)C1=Cc2ccccc2CN(S(=O)(=O)CC[Si](C)(C)C)C1c1c(C)cccc1C. The quantitative estimate of drug-likeness (QED) is 0.435. The second-order valence-electron chi connectivity index (χ2n) is 9.67. The Kier molecular flexibility index (Phi) is 7.12. The molecule has 2 aromatic carbocycles. The summed E-state index contributed by atoms with van der Waals surface area (Å²) in [6.45, 7) is 10.6. The minimum atomic E-state index is -3.67. The van der Waals surface area contributed by atoms with E-state index in [0.717, 1.165) is 27.8 Å². The summed E-state index contributed by atoms with van der Waals surface area (Å²) in [5, 5.41) is 0. The van der Waals surface area contributed by atoms with Crippen LogP contribution < -0.4 is 0 Å². The lowest BCUT2D eigenvalue weighted by Crippen LogP contribution is -2.40. The Morgan fingerprint density at radius 3 is 2.28 bits per heavy atom. The molecule has 1 atom stereocenters. The molecule has 32 heavy (non-hydrogen) atoms. The highest BCUT2D eigenvalue weighted by molar-refractivity contribution is 7.89. The molecule has 0 fully saturated rings. The highest BCUT2D eigenvalue weighted by atomic mass is 32.2. The number of sulfonamides is 1. The number of carbonyl (C=O) groups excluding carboxylic acids is 1. The van der Waals surface area contributed by atoms with E-state index in [1.54, 1.807) is 6.08 Å². The van der Waals surface area contributed by atoms with Crippen LogP contribution in [0.25, 0.3) is 6.08 Å². The van der Waals surface area contributed by atoms with E-state index in [1.165, 1.54) is 11.4 Å². The van der Waals surface area contributed by atoms with Crippen molar-refractivity contribution < 1.29 is 17.9 Å². The number of ether oxygens (including phenoxy) is 1. The molecular weight excluding hydrogens is 438 g/mol. The molecule has 1 unspecified atom stereocenters. The average Bonchev–Trinajstić information content (AvgIpc) is 2.89. The summed E-state index contributed by atoms with van der Waals surface area (Å²) in [6.07, 6.45) is 1.80. The lowest BCUT2D eigenvalue weighted by molar-refractivity contribution is -0.136. The molecule has 0 spiro atoms. The van der Waals surface area contributed by atoms with Gasteiger partial charge in [-0.2, -0.15) is 4.31 Å². The van der Waals surface area contributed by atoms with Gasteiger partial charge in [0.15, 0.2) is 0 Å². The zero-order chi connectivity index (χ0) is 23.7. The highest BCUT2D eigenvalue weighted by Crippen LogP contribution is 2.40. The van der Waals surface area contributed by atoms with E-state index in [4.69, 9.17) is 4.74 Å². The van der Waals surface area contributed by atoms with Gasteiger partial charge >= 0.3 is 5.97 Å². The van der Waals surface area contributed by atoms with Gasteiger partial charge in [0.1, 0.15) is 0 Å². The van der Waals surface area contributed by atoms with Crippen molar-refractivity contribution in [3.8, 4) is 0 Å². The maximum atomic E-state index is 13.8. The summed E-state index contributed by atoms with van der Waals surface area (Å²) in [5.41, 5.74) is 4.79. The number of rotatable bonds is 6. The van der Waals surface area contributed by atoms with E-state index in [9.17, 15) is 13.2 Å². The van der Waals surface area contributed by atoms with E-state index in [-0.39, 0.29) is 12.3 Å². The Labute approximate surface area is 193 Å². The molecule has 0 aliphatic carbocycles. The van der Waals surface area contributed by atoms with E-state index in [2.05, 4.69) is 19.6 Å². The van der Waals surface area contributed by atoms with E-state index in [1.807, 2.05) is 56.3 Å². The smallest absolute Gasteiger partial charge is 0.335 e. The van der Waals surface area contributed by atoms with Gasteiger partial charge in [-0.25, -0.2) is 13.2 Å². The van der Waals surface area contributed by atoms with Crippen molar-refractivity contribution in [2.24, 2.45) is 0 Å². The number of aryl methyl sites for hydroxylation is 2. The second kappa shape index (κ2) is 9.33. The van der Waals surface area contributed by atoms with Gasteiger partial charge in [0.2, 0.25) is 10.0 Å². The Bertz CT molecular complexity index is 1130. The largest absolute Gasteiger partial charge is 0.466 e. The Morgan fingerprint density at radius 1 is 1.06 bits per heavy atom. The number of methoxy groups -OCH3 is 1. The predicted octanol–water partition coefficient (Wildman–Crippen LogP) is 5.08. The van der Waals surface area contributed by atoms with Crippen LogP contribution in [0, 0.1) is 13.8 Å². The lowest BCUT2D eigenvalue weighted by atomic mass is 9.90. The Morgan fingerprint density at radius 2 is 1.69 bits per heavy atom. The van der Waals surface area contributed by atoms with Crippen LogP contribution >= 0.6 is 0 Å². The summed E-state index contributed by atoms with van der Waals surface area (Å²) >= 11 is 0. The molecule has 0 bridgehead atoms.